The van der Waals surface area contributed by atoms with E-state index < -0.39 is 10.2 Å². The molecule has 2 N–H and O–H groups in total. The zero-order chi connectivity index (χ0) is 15.7. The van der Waals surface area contributed by atoms with E-state index in [0.717, 1.165) is 30.5 Å². The minimum Gasteiger partial charge on any atom is -0.348 e. The number of anilines is 1. The van der Waals surface area contributed by atoms with Gasteiger partial charge in [-0.3, -0.25) is 4.72 Å². The zero-order valence-corrected chi connectivity index (χ0v) is 13.5. The summed E-state index contributed by atoms with van der Waals surface area (Å²) in [4.78, 5) is 7.28. The number of aromatic nitrogens is 2. The van der Waals surface area contributed by atoms with Crippen molar-refractivity contribution < 1.29 is 8.42 Å². The van der Waals surface area contributed by atoms with E-state index in [2.05, 4.69) is 20.8 Å². The fourth-order valence-electron chi connectivity index (χ4n) is 2.95. The average molecular weight is 320 g/mol. The van der Waals surface area contributed by atoms with Gasteiger partial charge in [-0.15, -0.1) is 0 Å². The van der Waals surface area contributed by atoms with E-state index >= 15 is 0 Å². The Morgan fingerprint density at radius 3 is 2.86 bits per heavy atom. The van der Waals surface area contributed by atoms with Crippen LogP contribution in [0.25, 0.3) is 0 Å². The molecule has 1 unspecified atom stereocenters. The fraction of sp³-hybridized carbons (Fsp3) is 0.400. The molecule has 0 saturated heterocycles. The summed E-state index contributed by atoms with van der Waals surface area (Å²) in [7, 11) is -0.455. The molecular weight excluding hydrogens is 300 g/mol. The number of fused-ring (bicyclic) bond motifs is 1. The average Bonchev–Trinajstić information content (AvgIpc) is 3.00. The van der Waals surface area contributed by atoms with Crippen molar-refractivity contribution in [2.75, 3.05) is 18.8 Å². The maximum Gasteiger partial charge on any atom is 0.301 e. The summed E-state index contributed by atoms with van der Waals surface area (Å²) in [6.07, 6.45) is 6.47. The van der Waals surface area contributed by atoms with E-state index in [0.29, 0.717) is 5.69 Å². The molecule has 0 bridgehead atoms. The van der Waals surface area contributed by atoms with Crippen molar-refractivity contribution in [3.05, 3.63) is 47.5 Å². The van der Waals surface area contributed by atoms with Crippen LogP contribution in [0.1, 0.15) is 35.6 Å². The molecule has 1 atom stereocenters. The van der Waals surface area contributed by atoms with Crippen LogP contribution in [0.4, 0.5) is 5.69 Å². The molecule has 0 fully saturated rings. The number of nitrogens with zero attached hydrogens (tertiary/aromatic N) is 2. The zero-order valence-electron chi connectivity index (χ0n) is 12.7. The molecule has 7 heteroatoms. The first-order valence-corrected chi connectivity index (χ1v) is 8.73. The van der Waals surface area contributed by atoms with Gasteiger partial charge >= 0.3 is 10.2 Å². The molecule has 2 aromatic rings. The molecule has 1 aliphatic carbocycles. The van der Waals surface area contributed by atoms with E-state index in [4.69, 9.17) is 0 Å². The van der Waals surface area contributed by atoms with Crippen molar-refractivity contribution in [3.63, 3.8) is 0 Å². The number of rotatable bonds is 4. The Labute approximate surface area is 130 Å². The van der Waals surface area contributed by atoms with Gasteiger partial charge in [-0.25, -0.2) is 4.98 Å². The second-order valence-electron chi connectivity index (χ2n) is 5.71. The standard InChI is InChI=1S/C15H20N4O2S/c1-19(2)22(20,21)18-14-8-4-5-11-12(14)6-3-7-13(11)15-9-16-10-17-15/h4-5,8-10,13,18H,3,6-7H2,1-2H3,(H,16,17). The third-order valence-corrected chi connectivity index (χ3v) is 5.56. The van der Waals surface area contributed by atoms with E-state index in [1.807, 2.05) is 18.3 Å². The van der Waals surface area contributed by atoms with Crippen LogP contribution in [-0.2, 0) is 16.6 Å². The van der Waals surface area contributed by atoms with Crippen LogP contribution in [0.15, 0.2) is 30.7 Å². The van der Waals surface area contributed by atoms with Crippen LogP contribution in [0.5, 0.6) is 0 Å². The molecule has 0 radical (unpaired) electrons. The van der Waals surface area contributed by atoms with Crippen LogP contribution in [-0.4, -0.2) is 36.8 Å². The predicted molar refractivity (Wildman–Crippen MR) is 86.0 cm³/mol. The molecule has 0 amide bonds. The monoisotopic (exact) mass is 320 g/mol. The predicted octanol–water partition coefficient (Wildman–Crippen LogP) is 2.10. The molecule has 0 spiro atoms. The normalized spacial score (nSPS) is 18.2. The summed E-state index contributed by atoms with van der Waals surface area (Å²) < 4.78 is 28.1. The minimum absolute atomic E-state index is 0.245. The Morgan fingerprint density at radius 1 is 1.36 bits per heavy atom. The highest BCUT2D eigenvalue weighted by molar-refractivity contribution is 7.90. The molecule has 1 aromatic heterocycles. The van der Waals surface area contributed by atoms with E-state index in [1.54, 1.807) is 6.33 Å². The minimum atomic E-state index is -3.49. The maximum atomic E-state index is 12.1. The summed E-state index contributed by atoms with van der Waals surface area (Å²) in [5, 5.41) is 0. The van der Waals surface area contributed by atoms with Crippen molar-refractivity contribution in [1.29, 1.82) is 0 Å². The third-order valence-electron chi connectivity index (χ3n) is 4.12. The Balaban J connectivity index is 2.01. The molecular formula is C15H20N4O2S. The van der Waals surface area contributed by atoms with Gasteiger partial charge in [0.2, 0.25) is 0 Å². The van der Waals surface area contributed by atoms with Gasteiger partial charge in [-0.05, 0) is 36.5 Å². The highest BCUT2D eigenvalue weighted by Gasteiger charge is 2.26. The molecule has 118 valence electrons. The lowest BCUT2D eigenvalue weighted by molar-refractivity contribution is 0.526. The Hall–Kier alpha value is -1.86. The van der Waals surface area contributed by atoms with Crippen LogP contribution >= 0.6 is 0 Å². The molecule has 3 rings (SSSR count). The lowest BCUT2D eigenvalue weighted by Gasteiger charge is -2.27. The van der Waals surface area contributed by atoms with Crippen molar-refractivity contribution in [2.45, 2.75) is 25.2 Å². The van der Waals surface area contributed by atoms with Crippen LogP contribution in [0.3, 0.4) is 0 Å². The smallest absolute Gasteiger partial charge is 0.301 e. The number of imidazole rings is 1. The Morgan fingerprint density at radius 2 is 2.18 bits per heavy atom. The topological polar surface area (TPSA) is 78.1 Å². The molecule has 1 heterocycles. The van der Waals surface area contributed by atoms with Crippen molar-refractivity contribution in [2.24, 2.45) is 0 Å². The first-order valence-electron chi connectivity index (χ1n) is 7.29. The van der Waals surface area contributed by atoms with Gasteiger partial charge in [0.15, 0.2) is 0 Å². The largest absolute Gasteiger partial charge is 0.348 e. The van der Waals surface area contributed by atoms with Gasteiger partial charge in [-0.2, -0.15) is 12.7 Å². The van der Waals surface area contributed by atoms with Crippen molar-refractivity contribution >= 4 is 15.9 Å². The van der Waals surface area contributed by atoms with Crippen LogP contribution < -0.4 is 4.72 Å². The highest BCUT2D eigenvalue weighted by Crippen LogP contribution is 2.38. The number of H-pyrrole nitrogens is 1. The Kier molecular flexibility index (Phi) is 3.92. The van der Waals surface area contributed by atoms with Gasteiger partial charge in [-0.1, -0.05) is 12.1 Å². The number of hydrogen-bond acceptors (Lipinski definition) is 3. The summed E-state index contributed by atoms with van der Waals surface area (Å²) in [5.74, 6) is 0.245. The van der Waals surface area contributed by atoms with Crippen LogP contribution in [0.2, 0.25) is 0 Å². The van der Waals surface area contributed by atoms with Crippen LogP contribution in [0, 0.1) is 0 Å². The molecule has 6 nitrogen and oxygen atoms in total. The molecule has 1 aliphatic rings. The van der Waals surface area contributed by atoms with E-state index in [-0.39, 0.29) is 5.92 Å². The van der Waals surface area contributed by atoms with Gasteiger partial charge in [0.05, 0.1) is 12.0 Å². The maximum absolute atomic E-state index is 12.1. The van der Waals surface area contributed by atoms with Gasteiger partial charge in [0, 0.05) is 31.9 Å². The first kappa shape index (κ1) is 15.1. The van der Waals surface area contributed by atoms with Gasteiger partial charge in [0.1, 0.15) is 0 Å². The summed E-state index contributed by atoms with van der Waals surface area (Å²) in [6, 6.07) is 5.81. The van der Waals surface area contributed by atoms with Crippen molar-refractivity contribution in [1.82, 2.24) is 14.3 Å². The summed E-state index contributed by atoms with van der Waals surface area (Å²) >= 11 is 0. The number of benzene rings is 1. The Bertz CT molecular complexity index is 754. The number of aromatic amines is 1. The lowest BCUT2D eigenvalue weighted by atomic mass is 9.80. The van der Waals surface area contributed by atoms with Gasteiger partial charge in [0.25, 0.3) is 0 Å². The second-order valence-corrected chi connectivity index (χ2v) is 7.60. The molecule has 22 heavy (non-hydrogen) atoms. The van der Waals surface area contributed by atoms with Gasteiger partial charge < -0.3 is 4.98 Å². The number of nitrogens with one attached hydrogen (secondary N) is 2. The fourth-order valence-corrected chi connectivity index (χ4v) is 3.61. The third kappa shape index (κ3) is 2.74. The number of hydrogen-bond donors (Lipinski definition) is 2. The molecule has 0 aliphatic heterocycles. The van der Waals surface area contributed by atoms with E-state index in [1.165, 1.54) is 24.0 Å². The lowest BCUT2D eigenvalue weighted by Crippen LogP contribution is -2.29. The first-order chi connectivity index (χ1) is 10.5. The molecule has 0 saturated carbocycles. The molecule has 1 aromatic carbocycles. The SMILES string of the molecule is CN(C)S(=O)(=O)Nc1cccc2c1CCCC2c1cnc[nH]1. The van der Waals surface area contributed by atoms with E-state index in [9.17, 15) is 8.42 Å². The second kappa shape index (κ2) is 5.73. The highest BCUT2D eigenvalue weighted by atomic mass is 32.2. The summed E-state index contributed by atoms with van der Waals surface area (Å²) in [5.41, 5.74) is 4.01. The van der Waals surface area contributed by atoms with Crippen molar-refractivity contribution in [3.8, 4) is 0 Å². The summed E-state index contributed by atoms with van der Waals surface area (Å²) in [6.45, 7) is 0. The quantitative estimate of drug-likeness (QED) is 0.905.